The van der Waals surface area contributed by atoms with Gasteiger partial charge in [-0.15, -0.1) is 0 Å². The summed E-state index contributed by atoms with van der Waals surface area (Å²) in [4.78, 5) is 6.54. The molecular weight excluding hydrogens is 248 g/mol. The van der Waals surface area contributed by atoms with Crippen LogP contribution in [0.3, 0.4) is 0 Å². The lowest BCUT2D eigenvalue weighted by atomic mass is 10.0. The number of hydrogen-bond acceptors (Lipinski definition) is 3. The van der Waals surface area contributed by atoms with Crippen LogP contribution in [0.15, 0.2) is 48.8 Å². The summed E-state index contributed by atoms with van der Waals surface area (Å²) in [6.45, 7) is 6.01. The molecule has 20 heavy (non-hydrogen) atoms. The number of benzene rings is 1. The van der Waals surface area contributed by atoms with Crippen LogP contribution in [0.2, 0.25) is 0 Å². The monoisotopic (exact) mass is 268 g/mol. The summed E-state index contributed by atoms with van der Waals surface area (Å²) in [5.41, 5.74) is 3.82. The van der Waals surface area contributed by atoms with E-state index in [4.69, 9.17) is 4.74 Å². The minimum absolute atomic E-state index is 0.449. The van der Waals surface area contributed by atoms with Gasteiger partial charge >= 0.3 is 0 Å². The summed E-state index contributed by atoms with van der Waals surface area (Å²) < 4.78 is 5.42. The Labute approximate surface area is 120 Å². The third-order valence-electron chi connectivity index (χ3n) is 4.00. The van der Waals surface area contributed by atoms with Gasteiger partial charge in [-0.1, -0.05) is 24.3 Å². The third kappa shape index (κ3) is 2.89. The zero-order valence-electron chi connectivity index (χ0n) is 11.8. The number of nitrogens with zero attached hydrogens (tertiary/aromatic N) is 2. The van der Waals surface area contributed by atoms with E-state index in [1.807, 2.05) is 24.5 Å². The quantitative estimate of drug-likeness (QED) is 0.855. The van der Waals surface area contributed by atoms with E-state index in [1.165, 1.54) is 16.7 Å². The predicted molar refractivity (Wildman–Crippen MR) is 80.5 cm³/mol. The molecule has 1 aliphatic heterocycles. The number of ether oxygens (including phenoxy) is 1. The van der Waals surface area contributed by atoms with Crippen molar-refractivity contribution >= 4 is 0 Å². The topological polar surface area (TPSA) is 25.4 Å². The predicted octanol–water partition coefficient (Wildman–Crippen LogP) is 3.14. The molecule has 104 valence electrons. The highest BCUT2D eigenvalue weighted by Crippen LogP contribution is 2.24. The first-order valence-electron chi connectivity index (χ1n) is 7.17. The van der Waals surface area contributed by atoms with Crippen LogP contribution in [0.5, 0.6) is 0 Å². The van der Waals surface area contributed by atoms with Gasteiger partial charge < -0.3 is 4.74 Å². The van der Waals surface area contributed by atoms with E-state index in [1.54, 1.807) is 0 Å². The highest BCUT2D eigenvalue weighted by molar-refractivity contribution is 5.62. The molecule has 1 aliphatic rings. The minimum Gasteiger partial charge on any atom is -0.379 e. The molecule has 1 aromatic heterocycles. The normalized spacial score (nSPS) is 17.9. The summed E-state index contributed by atoms with van der Waals surface area (Å²) in [6, 6.07) is 13.4. The van der Waals surface area contributed by atoms with Crippen molar-refractivity contribution < 1.29 is 4.74 Å². The number of hydrogen-bond donors (Lipinski definition) is 0. The second-order valence-corrected chi connectivity index (χ2v) is 5.18. The Kier molecular flexibility index (Phi) is 4.09. The van der Waals surface area contributed by atoms with Crippen LogP contribution in [0.25, 0.3) is 11.1 Å². The Balaban J connectivity index is 1.75. The summed E-state index contributed by atoms with van der Waals surface area (Å²) >= 11 is 0. The number of pyridine rings is 1. The van der Waals surface area contributed by atoms with Crippen LogP contribution in [-0.4, -0.2) is 36.2 Å². The molecule has 3 nitrogen and oxygen atoms in total. The van der Waals surface area contributed by atoms with Gasteiger partial charge in [-0.2, -0.15) is 0 Å². The molecule has 0 N–H and O–H groups in total. The first-order valence-corrected chi connectivity index (χ1v) is 7.17. The first-order chi connectivity index (χ1) is 9.84. The Hall–Kier alpha value is -1.71. The van der Waals surface area contributed by atoms with Crippen molar-refractivity contribution in [1.29, 1.82) is 0 Å². The maximum absolute atomic E-state index is 5.42. The lowest BCUT2D eigenvalue weighted by molar-refractivity contribution is 0.0198. The van der Waals surface area contributed by atoms with Gasteiger partial charge in [-0.3, -0.25) is 9.88 Å². The second-order valence-electron chi connectivity index (χ2n) is 5.18. The smallest absolute Gasteiger partial charge is 0.0594 e. The minimum atomic E-state index is 0.449. The maximum Gasteiger partial charge on any atom is 0.0594 e. The van der Waals surface area contributed by atoms with Crippen LogP contribution < -0.4 is 0 Å². The average Bonchev–Trinajstić information content (AvgIpc) is 2.56. The highest BCUT2D eigenvalue weighted by Gasteiger charge is 2.18. The van der Waals surface area contributed by atoms with Crippen molar-refractivity contribution in [2.45, 2.75) is 13.0 Å². The van der Waals surface area contributed by atoms with E-state index in [0.717, 1.165) is 26.3 Å². The van der Waals surface area contributed by atoms with E-state index in [2.05, 4.69) is 41.1 Å². The molecule has 3 heteroatoms. The van der Waals surface area contributed by atoms with Gasteiger partial charge in [0, 0.05) is 31.5 Å². The third-order valence-corrected chi connectivity index (χ3v) is 4.00. The molecule has 0 amide bonds. The standard InChI is InChI=1S/C17H20N2O/c1-14(19-10-12-20-13-11-19)15-2-4-16(5-3-15)17-6-8-18-9-7-17/h2-9,14H,10-13H2,1H3/t14-/m1/s1. The van der Waals surface area contributed by atoms with Crippen LogP contribution in [-0.2, 0) is 4.74 Å². The Morgan fingerprint density at radius 3 is 2.20 bits per heavy atom. The molecule has 0 spiro atoms. The Morgan fingerprint density at radius 1 is 0.950 bits per heavy atom. The van der Waals surface area contributed by atoms with Crippen molar-refractivity contribution in [2.24, 2.45) is 0 Å². The van der Waals surface area contributed by atoms with Crippen LogP contribution in [0.1, 0.15) is 18.5 Å². The van der Waals surface area contributed by atoms with Crippen LogP contribution >= 0.6 is 0 Å². The highest BCUT2D eigenvalue weighted by atomic mass is 16.5. The fourth-order valence-electron chi connectivity index (χ4n) is 2.67. The van der Waals surface area contributed by atoms with Gasteiger partial charge in [-0.25, -0.2) is 0 Å². The van der Waals surface area contributed by atoms with Crippen molar-refractivity contribution in [3.8, 4) is 11.1 Å². The maximum atomic E-state index is 5.42. The fraction of sp³-hybridized carbons (Fsp3) is 0.353. The molecular formula is C17H20N2O. The van der Waals surface area contributed by atoms with Gasteiger partial charge in [-0.05, 0) is 35.7 Å². The molecule has 0 saturated carbocycles. The Bertz CT molecular complexity index is 533. The van der Waals surface area contributed by atoms with Crippen molar-refractivity contribution in [2.75, 3.05) is 26.3 Å². The summed E-state index contributed by atoms with van der Waals surface area (Å²) in [5.74, 6) is 0. The molecule has 2 heterocycles. The van der Waals surface area contributed by atoms with E-state index < -0.39 is 0 Å². The second kappa shape index (κ2) is 6.16. The van der Waals surface area contributed by atoms with Crippen LogP contribution in [0, 0.1) is 0 Å². The molecule has 2 aromatic rings. The zero-order valence-corrected chi connectivity index (χ0v) is 11.8. The molecule has 0 bridgehead atoms. The lowest BCUT2D eigenvalue weighted by Crippen LogP contribution is -2.37. The SMILES string of the molecule is C[C@H](c1ccc(-c2ccncc2)cc1)N1CCOCC1. The Morgan fingerprint density at radius 2 is 1.55 bits per heavy atom. The van der Waals surface area contributed by atoms with Gasteiger partial charge in [0.05, 0.1) is 13.2 Å². The molecule has 0 radical (unpaired) electrons. The molecule has 1 fully saturated rings. The molecule has 1 atom stereocenters. The van der Waals surface area contributed by atoms with Crippen molar-refractivity contribution in [1.82, 2.24) is 9.88 Å². The molecule has 3 rings (SSSR count). The van der Waals surface area contributed by atoms with E-state index in [9.17, 15) is 0 Å². The molecule has 1 aromatic carbocycles. The van der Waals surface area contributed by atoms with Gasteiger partial charge in [0.15, 0.2) is 0 Å². The van der Waals surface area contributed by atoms with Crippen molar-refractivity contribution in [3.63, 3.8) is 0 Å². The molecule has 0 unspecified atom stereocenters. The number of aromatic nitrogens is 1. The van der Waals surface area contributed by atoms with E-state index in [0.29, 0.717) is 6.04 Å². The van der Waals surface area contributed by atoms with Gasteiger partial charge in [0.2, 0.25) is 0 Å². The van der Waals surface area contributed by atoms with Gasteiger partial charge in [0.1, 0.15) is 0 Å². The number of rotatable bonds is 3. The zero-order chi connectivity index (χ0) is 13.8. The van der Waals surface area contributed by atoms with Gasteiger partial charge in [0.25, 0.3) is 0 Å². The van der Waals surface area contributed by atoms with E-state index >= 15 is 0 Å². The summed E-state index contributed by atoms with van der Waals surface area (Å²) in [5, 5.41) is 0. The fourth-order valence-corrected chi connectivity index (χ4v) is 2.67. The summed E-state index contributed by atoms with van der Waals surface area (Å²) in [7, 11) is 0. The van der Waals surface area contributed by atoms with E-state index in [-0.39, 0.29) is 0 Å². The molecule has 0 aliphatic carbocycles. The van der Waals surface area contributed by atoms with Crippen LogP contribution in [0.4, 0.5) is 0 Å². The largest absolute Gasteiger partial charge is 0.379 e. The molecule has 1 saturated heterocycles. The van der Waals surface area contributed by atoms with Crippen molar-refractivity contribution in [3.05, 3.63) is 54.4 Å². The average molecular weight is 268 g/mol. The first kappa shape index (κ1) is 13.3. The lowest BCUT2D eigenvalue weighted by Gasteiger charge is -2.32. The number of morpholine rings is 1. The summed E-state index contributed by atoms with van der Waals surface area (Å²) in [6.07, 6.45) is 3.67.